The molecule has 2 rings (SSSR count). The highest BCUT2D eigenvalue weighted by Gasteiger charge is 2.33. The van der Waals surface area contributed by atoms with Crippen LogP contribution in [0, 0.1) is 0 Å². The number of rotatable bonds is 3. The van der Waals surface area contributed by atoms with E-state index in [0.717, 1.165) is 11.3 Å². The van der Waals surface area contributed by atoms with Crippen LogP contribution in [0.5, 0.6) is 0 Å². The number of hydrogen-bond acceptors (Lipinski definition) is 5. The lowest BCUT2D eigenvalue weighted by Gasteiger charge is -2.34. The first-order chi connectivity index (χ1) is 9.34. The van der Waals surface area contributed by atoms with Gasteiger partial charge in [-0.25, -0.2) is 8.42 Å². The van der Waals surface area contributed by atoms with Gasteiger partial charge in [0.2, 0.25) is 10.0 Å². The third kappa shape index (κ3) is 3.03. The molecule has 0 saturated carbocycles. The van der Waals surface area contributed by atoms with Crippen LogP contribution in [0.15, 0.2) is 16.3 Å². The lowest BCUT2D eigenvalue weighted by atomic mass is 10.3. The van der Waals surface area contributed by atoms with E-state index in [1.165, 1.54) is 22.8 Å². The molecule has 1 N–H and O–H groups in total. The second-order valence-corrected chi connectivity index (χ2v) is 7.65. The Morgan fingerprint density at radius 2 is 2.00 bits per heavy atom. The van der Waals surface area contributed by atoms with Crippen molar-refractivity contribution in [3.8, 4) is 0 Å². The number of morpholine rings is 1. The maximum atomic E-state index is 12.5. The van der Waals surface area contributed by atoms with Gasteiger partial charge < -0.3 is 10.1 Å². The molecular formula is C12H18N2O4S2. The van der Waals surface area contributed by atoms with Crippen LogP contribution < -0.4 is 5.32 Å². The van der Waals surface area contributed by atoms with E-state index in [0.29, 0.717) is 18.0 Å². The average molecular weight is 318 g/mol. The van der Waals surface area contributed by atoms with Gasteiger partial charge in [-0.15, -0.1) is 11.3 Å². The van der Waals surface area contributed by atoms with E-state index in [4.69, 9.17) is 4.74 Å². The van der Waals surface area contributed by atoms with Gasteiger partial charge in [0.15, 0.2) is 0 Å². The lowest BCUT2D eigenvalue weighted by Crippen LogP contribution is -2.47. The molecule has 1 saturated heterocycles. The van der Waals surface area contributed by atoms with Crippen molar-refractivity contribution in [3.63, 3.8) is 0 Å². The zero-order valence-corrected chi connectivity index (χ0v) is 13.3. The predicted octanol–water partition coefficient (Wildman–Crippen LogP) is 0.906. The van der Waals surface area contributed by atoms with Gasteiger partial charge in [0.1, 0.15) is 0 Å². The molecule has 20 heavy (non-hydrogen) atoms. The second kappa shape index (κ2) is 5.80. The maximum Gasteiger partial charge on any atom is 0.261 e. The Bertz CT molecular complexity index is 586. The number of thiophene rings is 1. The molecule has 0 bridgehead atoms. The fourth-order valence-electron chi connectivity index (χ4n) is 2.17. The number of sulfonamides is 1. The Labute approximate surface area is 122 Å². The standard InChI is InChI=1S/C12H18N2O4S2/c1-8-5-14(6-9(2)18-8)20(16,17)10-4-11(19-7-10)12(15)13-3/h4,7-9H,5-6H2,1-3H3,(H,13,15)/t8-,9+. The summed E-state index contributed by atoms with van der Waals surface area (Å²) in [4.78, 5) is 12.1. The Morgan fingerprint density at radius 3 is 2.55 bits per heavy atom. The van der Waals surface area contributed by atoms with E-state index in [2.05, 4.69) is 5.32 Å². The lowest BCUT2D eigenvalue weighted by molar-refractivity contribution is -0.0440. The van der Waals surface area contributed by atoms with Crippen LogP contribution in [0.4, 0.5) is 0 Å². The third-order valence-electron chi connectivity index (χ3n) is 3.05. The summed E-state index contributed by atoms with van der Waals surface area (Å²) >= 11 is 1.13. The summed E-state index contributed by atoms with van der Waals surface area (Å²) in [5.41, 5.74) is 0. The fourth-order valence-corrected chi connectivity index (χ4v) is 4.97. The van der Waals surface area contributed by atoms with E-state index in [9.17, 15) is 13.2 Å². The minimum Gasteiger partial charge on any atom is -0.373 e. The van der Waals surface area contributed by atoms with Gasteiger partial charge in [-0.1, -0.05) is 0 Å². The largest absolute Gasteiger partial charge is 0.373 e. The van der Waals surface area contributed by atoms with Crippen LogP contribution in [-0.4, -0.2) is 51.0 Å². The summed E-state index contributed by atoms with van der Waals surface area (Å²) in [5.74, 6) is -0.278. The number of hydrogen-bond donors (Lipinski definition) is 1. The summed E-state index contributed by atoms with van der Waals surface area (Å²) in [5, 5.41) is 3.99. The molecule has 6 nitrogen and oxygen atoms in total. The minimum atomic E-state index is -3.57. The first-order valence-electron chi connectivity index (χ1n) is 6.31. The molecule has 0 radical (unpaired) electrons. The number of ether oxygens (including phenoxy) is 1. The number of carbonyl (C=O) groups excluding carboxylic acids is 1. The highest BCUT2D eigenvalue weighted by Crippen LogP contribution is 2.25. The van der Waals surface area contributed by atoms with Crippen molar-refractivity contribution in [1.82, 2.24) is 9.62 Å². The second-order valence-electron chi connectivity index (χ2n) is 4.81. The van der Waals surface area contributed by atoms with Crippen LogP contribution in [0.3, 0.4) is 0 Å². The molecule has 1 aromatic heterocycles. The first-order valence-corrected chi connectivity index (χ1v) is 8.62. The maximum absolute atomic E-state index is 12.5. The Kier molecular flexibility index (Phi) is 4.48. The highest BCUT2D eigenvalue weighted by molar-refractivity contribution is 7.89. The number of carbonyl (C=O) groups is 1. The Balaban J connectivity index is 2.26. The molecule has 0 aliphatic carbocycles. The average Bonchev–Trinajstić information content (AvgIpc) is 2.86. The topological polar surface area (TPSA) is 75.7 Å². The van der Waals surface area contributed by atoms with Crippen molar-refractivity contribution < 1.29 is 17.9 Å². The third-order valence-corrected chi connectivity index (χ3v) is 5.94. The molecular weight excluding hydrogens is 300 g/mol. The fraction of sp³-hybridized carbons (Fsp3) is 0.583. The van der Waals surface area contributed by atoms with Crippen molar-refractivity contribution in [2.45, 2.75) is 31.0 Å². The summed E-state index contributed by atoms with van der Waals surface area (Å²) in [7, 11) is -2.05. The van der Waals surface area contributed by atoms with Crippen molar-refractivity contribution >= 4 is 27.3 Å². The molecule has 1 fully saturated rings. The predicted molar refractivity (Wildman–Crippen MR) is 76.5 cm³/mol. The zero-order chi connectivity index (χ0) is 14.9. The van der Waals surface area contributed by atoms with E-state index in [1.54, 1.807) is 0 Å². The molecule has 1 aromatic rings. The molecule has 2 atom stereocenters. The van der Waals surface area contributed by atoms with Gasteiger partial charge in [-0.2, -0.15) is 4.31 Å². The zero-order valence-electron chi connectivity index (χ0n) is 11.6. The van der Waals surface area contributed by atoms with Crippen molar-refractivity contribution in [3.05, 3.63) is 16.3 Å². The molecule has 0 aromatic carbocycles. The molecule has 112 valence electrons. The van der Waals surface area contributed by atoms with E-state index < -0.39 is 10.0 Å². The molecule has 2 heterocycles. The highest BCUT2D eigenvalue weighted by atomic mass is 32.2. The number of nitrogens with one attached hydrogen (secondary N) is 1. The molecule has 0 spiro atoms. The van der Waals surface area contributed by atoms with Gasteiger partial charge in [-0.3, -0.25) is 4.79 Å². The Morgan fingerprint density at radius 1 is 1.40 bits per heavy atom. The number of nitrogens with zero attached hydrogens (tertiary/aromatic N) is 1. The summed E-state index contributed by atoms with van der Waals surface area (Å²) < 4.78 is 32.1. The van der Waals surface area contributed by atoms with Gasteiger partial charge in [0.05, 0.1) is 22.0 Å². The summed E-state index contributed by atoms with van der Waals surface area (Å²) in [6.45, 7) is 4.36. The van der Waals surface area contributed by atoms with Crippen LogP contribution in [0.1, 0.15) is 23.5 Å². The van der Waals surface area contributed by atoms with Gasteiger partial charge >= 0.3 is 0 Å². The van der Waals surface area contributed by atoms with Gasteiger partial charge in [0, 0.05) is 25.5 Å². The van der Waals surface area contributed by atoms with Crippen LogP contribution in [0.2, 0.25) is 0 Å². The molecule has 1 aliphatic rings. The molecule has 8 heteroatoms. The van der Waals surface area contributed by atoms with Crippen LogP contribution >= 0.6 is 11.3 Å². The normalized spacial score (nSPS) is 24.6. The first kappa shape index (κ1) is 15.4. The van der Waals surface area contributed by atoms with E-state index in [-0.39, 0.29) is 23.0 Å². The molecule has 1 aliphatic heterocycles. The van der Waals surface area contributed by atoms with Gasteiger partial charge in [-0.05, 0) is 19.9 Å². The smallest absolute Gasteiger partial charge is 0.261 e. The molecule has 0 unspecified atom stereocenters. The van der Waals surface area contributed by atoms with Crippen LogP contribution in [0.25, 0.3) is 0 Å². The van der Waals surface area contributed by atoms with Gasteiger partial charge in [0.25, 0.3) is 5.91 Å². The van der Waals surface area contributed by atoms with Crippen molar-refractivity contribution in [2.75, 3.05) is 20.1 Å². The van der Waals surface area contributed by atoms with E-state index in [1.807, 2.05) is 13.8 Å². The monoisotopic (exact) mass is 318 g/mol. The summed E-state index contributed by atoms with van der Waals surface area (Å²) in [6, 6.07) is 1.42. The molecule has 1 amide bonds. The summed E-state index contributed by atoms with van der Waals surface area (Å²) in [6.07, 6.45) is -0.267. The van der Waals surface area contributed by atoms with Crippen molar-refractivity contribution in [2.24, 2.45) is 0 Å². The minimum absolute atomic E-state index is 0.134. The SMILES string of the molecule is CNC(=O)c1cc(S(=O)(=O)N2C[C@@H](C)O[C@@H](C)C2)cs1. The van der Waals surface area contributed by atoms with Crippen molar-refractivity contribution in [1.29, 1.82) is 0 Å². The Hall–Kier alpha value is -0.960. The van der Waals surface area contributed by atoms with E-state index >= 15 is 0 Å². The number of amides is 1. The van der Waals surface area contributed by atoms with Crippen LogP contribution in [-0.2, 0) is 14.8 Å². The quantitative estimate of drug-likeness (QED) is 0.898.